The first kappa shape index (κ1) is 27.9. The van der Waals surface area contributed by atoms with Crippen molar-refractivity contribution in [3.05, 3.63) is 59.8 Å². The molecule has 3 rings (SSSR count). The van der Waals surface area contributed by atoms with Crippen LogP contribution in [0.2, 0.25) is 0 Å². The number of anilines is 4. The van der Waals surface area contributed by atoms with Crippen LogP contribution < -0.4 is 25.4 Å². The first-order chi connectivity index (χ1) is 17.1. The lowest BCUT2D eigenvalue weighted by atomic mass is 10.2. The molecule has 198 valence electrons. The molecule has 1 aromatic heterocycles. The molecular formula is C22H23F3N5O5PS. The molecule has 3 aromatic rings. The molecule has 0 unspecified atom stereocenters. The van der Waals surface area contributed by atoms with E-state index in [2.05, 4.69) is 20.6 Å². The summed E-state index contributed by atoms with van der Waals surface area (Å²) in [6, 6.07) is 10.1. The van der Waals surface area contributed by atoms with Crippen molar-refractivity contribution in [3.63, 3.8) is 0 Å². The predicted octanol–water partition coefficient (Wildman–Crippen LogP) is 3.93. The summed E-state index contributed by atoms with van der Waals surface area (Å²) in [5.41, 5.74) is -0.792. The predicted molar refractivity (Wildman–Crippen MR) is 134 cm³/mol. The van der Waals surface area contributed by atoms with Gasteiger partial charge in [-0.3, -0.25) is 4.79 Å². The molecular weight excluding hydrogens is 534 g/mol. The number of ether oxygens (including phenoxy) is 1. The Morgan fingerprint density at radius 2 is 1.73 bits per heavy atom. The van der Waals surface area contributed by atoms with Crippen LogP contribution in [0.15, 0.2) is 48.7 Å². The molecule has 10 nitrogen and oxygen atoms in total. The summed E-state index contributed by atoms with van der Waals surface area (Å²) in [6.07, 6.45) is -3.37. The maximum Gasteiger partial charge on any atom is 0.421 e. The fourth-order valence-corrected chi connectivity index (χ4v) is 4.82. The molecule has 1 heterocycles. The van der Waals surface area contributed by atoms with E-state index in [9.17, 15) is 30.9 Å². The summed E-state index contributed by atoms with van der Waals surface area (Å²) in [6.45, 7) is 2.99. The zero-order valence-electron chi connectivity index (χ0n) is 20.0. The van der Waals surface area contributed by atoms with Crippen molar-refractivity contribution in [2.24, 2.45) is 0 Å². The van der Waals surface area contributed by atoms with Crippen LogP contribution in [0.5, 0.6) is 5.75 Å². The van der Waals surface area contributed by atoms with Crippen molar-refractivity contribution in [1.82, 2.24) is 14.7 Å². The van der Waals surface area contributed by atoms with E-state index < -0.39 is 40.6 Å². The number of nitrogens with one attached hydrogen (secondary N) is 3. The van der Waals surface area contributed by atoms with Crippen molar-refractivity contribution >= 4 is 51.5 Å². The Bertz CT molecular complexity index is 1490. The molecule has 0 fully saturated rings. The van der Waals surface area contributed by atoms with E-state index in [0.29, 0.717) is 11.5 Å². The topological polar surface area (TPSA) is 139 Å². The number of nitrogens with zero attached hydrogens (tertiary/aromatic N) is 2. The highest BCUT2D eigenvalue weighted by atomic mass is 32.2. The van der Waals surface area contributed by atoms with Gasteiger partial charge in [0.05, 0.1) is 24.7 Å². The lowest BCUT2D eigenvalue weighted by Gasteiger charge is -2.18. The molecule has 0 atom stereocenters. The van der Waals surface area contributed by atoms with Gasteiger partial charge in [0.1, 0.15) is 24.3 Å². The van der Waals surface area contributed by atoms with Gasteiger partial charge >= 0.3 is 6.18 Å². The van der Waals surface area contributed by atoms with E-state index in [1.165, 1.54) is 44.7 Å². The number of amides is 1. The number of para-hydroxylation sites is 1. The number of carbonyl (C=O) groups excluding carboxylic acids is 1. The Morgan fingerprint density at radius 3 is 2.32 bits per heavy atom. The number of alkyl halides is 3. The highest BCUT2D eigenvalue weighted by Crippen LogP contribution is 2.40. The summed E-state index contributed by atoms with van der Waals surface area (Å²) in [7, 11) is -5.36. The van der Waals surface area contributed by atoms with Gasteiger partial charge in [-0.05, 0) is 43.7 Å². The first-order valence-electron chi connectivity index (χ1n) is 10.4. The van der Waals surface area contributed by atoms with Crippen molar-refractivity contribution in [3.8, 4) is 5.75 Å². The van der Waals surface area contributed by atoms with Crippen LogP contribution in [0, 0.1) is 0 Å². The standard InChI is InChI=1S/C22H23F3N5O5PS/c1-35-17-11-13(20(31)30-37(4,33)34)9-10-15(17)28-21-26-12-14(22(23,24)25)19(29-21)27-16-7-5-6-8-18(16)36(2,3)32/h5-12H,1-4H3,(H,30,31)(H2,26,27,28,29). The van der Waals surface area contributed by atoms with Gasteiger partial charge in [0, 0.05) is 17.1 Å². The molecule has 0 aliphatic carbocycles. The highest BCUT2D eigenvalue weighted by Gasteiger charge is 2.36. The third-order valence-electron chi connectivity index (χ3n) is 4.82. The van der Waals surface area contributed by atoms with E-state index in [1.54, 1.807) is 18.2 Å². The van der Waals surface area contributed by atoms with Gasteiger partial charge in [0.15, 0.2) is 0 Å². The maximum atomic E-state index is 13.7. The lowest BCUT2D eigenvalue weighted by Crippen LogP contribution is -2.29. The number of rotatable bonds is 8. The average Bonchev–Trinajstić information content (AvgIpc) is 2.77. The van der Waals surface area contributed by atoms with Crippen LogP contribution in [0.3, 0.4) is 0 Å². The molecule has 0 spiro atoms. The van der Waals surface area contributed by atoms with Gasteiger partial charge in [-0.1, -0.05) is 12.1 Å². The Morgan fingerprint density at radius 1 is 1.05 bits per heavy atom. The number of hydrogen-bond donors (Lipinski definition) is 3. The molecule has 1 amide bonds. The van der Waals surface area contributed by atoms with Crippen molar-refractivity contribution in [2.45, 2.75) is 6.18 Å². The molecule has 15 heteroatoms. The summed E-state index contributed by atoms with van der Waals surface area (Å²) < 4.78 is 83.5. The maximum absolute atomic E-state index is 13.7. The third kappa shape index (κ3) is 7.20. The number of benzene rings is 2. The zero-order valence-corrected chi connectivity index (χ0v) is 21.8. The number of aromatic nitrogens is 2. The Kier molecular flexibility index (Phi) is 7.84. The molecule has 0 saturated heterocycles. The molecule has 0 radical (unpaired) electrons. The summed E-state index contributed by atoms with van der Waals surface area (Å²) >= 11 is 0. The molecule has 0 aliphatic heterocycles. The molecule has 0 bridgehead atoms. The van der Waals surface area contributed by atoms with Gasteiger partial charge in [-0.25, -0.2) is 18.1 Å². The second-order valence-electron chi connectivity index (χ2n) is 8.19. The van der Waals surface area contributed by atoms with Gasteiger partial charge in [0.25, 0.3) is 5.91 Å². The smallest absolute Gasteiger partial charge is 0.421 e. The normalized spacial score (nSPS) is 12.1. The monoisotopic (exact) mass is 557 g/mol. The first-order valence-corrected chi connectivity index (χ1v) is 14.9. The molecule has 2 aromatic carbocycles. The molecule has 0 aliphatic rings. The highest BCUT2D eigenvalue weighted by molar-refractivity contribution is 7.89. The van der Waals surface area contributed by atoms with Gasteiger partial charge in [-0.15, -0.1) is 0 Å². The zero-order chi connectivity index (χ0) is 27.6. The van der Waals surface area contributed by atoms with Gasteiger partial charge in [-0.2, -0.15) is 18.2 Å². The molecule has 0 saturated carbocycles. The minimum absolute atomic E-state index is 0.0383. The Labute approximate surface area is 211 Å². The number of halogens is 3. The second kappa shape index (κ2) is 10.4. The van der Waals surface area contributed by atoms with Crippen LogP contribution in [0.25, 0.3) is 0 Å². The van der Waals surface area contributed by atoms with E-state index in [1.807, 2.05) is 4.72 Å². The van der Waals surface area contributed by atoms with Crippen LogP contribution in [-0.2, 0) is 20.8 Å². The largest absolute Gasteiger partial charge is 0.495 e. The number of hydrogen-bond acceptors (Lipinski definition) is 9. The second-order valence-corrected chi connectivity index (χ2v) is 13.1. The number of sulfonamides is 1. The fourth-order valence-electron chi connectivity index (χ4n) is 3.20. The molecule has 3 N–H and O–H groups in total. The Balaban J connectivity index is 2.00. The van der Waals surface area contributed by atoms with E-state index in [0.717, 1.165) is 6.26 Å². The summed E-state index contributed by atoms with van der Waals surface area (Å²) in [5, 5.41) is 5.71. The SMILES string of the molecule is COc1cc(C(=O)NS(C)(=O)=O)ccc1Nc1ncc(C(F)(F)F)c(Nc2ccccc2P(C)(C)=O)n1. The van der Waals surface area contributed by atoms with Crippen LogP contribution in [0.4, 0.5) is 36.3 Å². The number of methoxy groups -OCH3 is 1. The molecule has 37 heavy (non-hydrogen) atoms. The van der Waals surface area contributed by atoms with Crippen LogP contribution in [-0.4, -0.2) is 51.0 Å². The quantitative estimate of drug-likeness (QED) is 0.352. The van der Waals surface area contributed by atoms with E-state index in [-0.39, 0.29) is 28.6 Å². The third-order valence-corrected chi connectivity index (χ3v) is 6.93. The minimum atomic E-state index is -4.79. The lowest BCUT2D eigenvalue weighted by molar-refractivity contribution is -0.137. The van der Waals surface area contributed by atoms with Crippen LogP contribution in [0.1, 0.15) is 15.9 Å². The van der Waals surface area contributed by atoms with Crippen molar-refractivity contribution in [2.75, 3.05) is 37.3 Å². The average molecular weight is 557 g/mol. The fraction of sp³-hybridized carbons (Fsp3) is 0.227. The van der Waals surface area contributed by atoms with Crippen LogP contribution >= 0.6 is 7.14 Å². The summed E-state index contributed by atoms with van der Waals surface area (Å²) in [4.78, 5) is 19.8. The summed E-state index contributed by atoms with van der Waals surface area (Å²) in [5.74, 6) is -1.64. The van der Waals surface area contributed by atoms with Crippen molar-refractivity contribution < 1.29 is 35.7 Å². The van der Waals surface area contributed by atoms with E-state index in [4.69, 9.17) is 4.74 Å². The van der Waals surface area contributed by atoms with Gasteiger partial charge in [0.2, 0.25) is 16.0 Å². The Hall–Kier alpha value is -3.64. The van der Waals surface area contributed by atoms with Gasteiger partial charge < -0.3 is 19.9 Å². The van der Waals surface area contributed by atoms with E-state index >= 15 is 0 Å². The van der Waals surface area contributed by atoms with Crippen molar-refractivity contribution in [1.29, 1.82) is 0 Å². The minimum Gasteiger partial charge on any atom is -0.495 e. The number of carbonyl (C=O) groups is 1.